The normalized spacial score (nSPS) is 15.9. The number of nitrogens with two attached hydrogens (primary N) is 1. The fraction of sp³-hybridized carbons (Fsp3) is 0.500. The highest BCUT2D eigenvalue weighted by molar-refractivity contribution is 5.59. The van der Waals surface area contributed by atoms with Gasteiger partial charge in [0.05, 0.1) is 12.2 Å². The molecule has 16 heavy (non-hydrogen) atoms. The zero-order chi connectivity index (χ0) is 11.4. The van der Waals surface area contributed by atoms with Crippen LogP contribution in [0.15, 0.2) is 12.3 Å². The molecule has 0 saturated heterocycles. The summed E-state index contributed by atoms with van der Waals surface area (Å²) in [5.74, 6) is 1.01. The number of ether oxygens (including phenoxy) is 1. The number of hydrogen-bond acceptors (Lipinski definition) is 4. The van der Waals surface area contributed by atoms with Crippen LogP contribution in [0, 0.1) is 17.2 Å². The average Bonchev–Trinajstić information content (AvgIpc) is 2.81. The Labute approximate surface area is 95.0 Å². The van der Waals surface area contributed by atoms with E-state index in [0.717, 1.165) is 0 Å². The van der Waals surface area contributed by atoms with Crippen LogP contribution in [0.1, 0.15) is 31.2 Å². The molecule has 4 nitrogen and oxygen atoms in total. The molecule has 0 unspecified atom stereocenters. The van der Waals surface area contributed by atoms with Crippen molar-refractivity contribution in [2.75, 3.05) is 12.3 Å². The minimum atomic E-state index is 0.350. The first-order valence-corrected chi connectivity index (χ1v) is 5.58. The molecule has 0 atom stereocenters. The molecule has 0 radical (unpaired) electrons. The highest BCUT2D eigenvalue weighted by atomic mass is 16.5. The Morgan fingerprint density at radius 1 is 1.50 bits per heavy atom. The molecule has 1 fully saturated rings. The van der Waals surface area contributed by atoms with Crippen LogP contribution >= 0.6 is 0 Å². The van der Waals surface area contributed by atoms with Gasteiger partial charge >= 0.3 is 0 Å². The van der Waals surface area contributed by atoms with Crippen molar-refractivity contribution in [2.45, 2.75) is 25.7 Å². The standard InChI is InChI=1S/C12H15N3O/c13-7-10-5-6-15-12(11(10)14)16-8-9-3-1-2-4-9/h5-6,9H,1-4,8,14H2. The third kappa shape index (κ3) is 2.25. The minimum absolute atomic E-state index is 0.350. The van der Waals surface area contributed by atoms with Gasteiger partial charge in [-0.3, -0.25) is 0 Å². The first-order valence-electron chi connectivity index (χ1n) is 5.58. The van der Waals surface area contributed by atoms with Crippen molar-refractivity contribution in [3.8, 4) is 11.9 Å². The molecule has 1 saturated carbocycles. The molecule has 1 aliphatic rings. The summed E-state index contributed by atoms with van der Waals surface area (Å²) < 4.78 is 5.58. The van der Waals surface area contributed by atoms with Gasteiger partial charge in [-0.1, -0.05) is 12.8 Å². The van der Waals surface area contributed by atoms with Crippen molar-refractivity contribution in [2.24, 2.45) is 5.92 Å². The monoisotopic (exact) mass is 217 g/mol. The number of anilines is 1. The van der Waals surface area contributed by atoms with Crippen molar-refractivity contribution in [3.05, 3.63) is 17.8 Å². The van der Waals surface area contributed by atoms with Gasteiger partial charge in [-0.15, -0.1) is 0 Å². The average molecular weight is 217 g/mol. The molecule has 84 valence electrons. The number of pyridine rings is 1. The molecular weight excluding hydrogens is 202 g/mol. The molecule has 1 aromatic rings. The summed E-state index contributed by atoms with van der Waals surface area (Å²) in [5.41, 5.74) is 6.55. The van der Waals surface area contributed by atoms with Crippen LogP contribution in [-0.4, -0.2) is 11.6 Å². The van der Waals surface area contributed by atoms with E-state index >= 15 is 0 Å². The SMILES string of the molecule is N#Cc1ccnc(OCC2CCCC2)c1N. The number of nitriles is 1. The van der Waals surface area contributed by atoms with Crippen LogP contribution in [-0.2, 0) is 0 Å². The summed E-state index contributed by atoms with van der Waals surface area (Å²) in [4.78, 5) is 4.05. The third-order valence-electron chi connectivity index (χ3n) is 3.00. The van der Waals surface area contributed by atoms with Gasteiger partial charge < -0.3 is 10.5 Å². The van der Waals surface area contributed by atoms with Crippen LogP contribution in [0.25, 0.3) is 0 Å². The lowest BCUT2D eigenvalue weighted by molar-refractivity contribution is 0.245. The van der Waals surface area contributed by atoms with Crippen molar-refractivity contribution in [3.63, 3.8) is 0 Å². The summed E-state index contributed by atoms with van der Waals surface area (Å²) in [6, 6.07) is 3.61. The van der Waals surface area contributed by atoms with Gasteiger partial charge in [0.2, 0.25) is 5.88 Å². The van der Waals surface area contributed by atoms with Gasteiger partial charge in [-0.05, 0) is 24.8 Å². The second kappa shape index (κ2) is 4.84. The van der Waals surface area contributed by atoms with E-state index in [1.807, 2.05) is 6.07 Å². The van der Waals surface area contributed by atoms with Crippen LogP contribution in [0.5, 0.6) is 5.88 Å². The lowest BCUT2D eigenvalue weighted by Crippen LogP contribution is -2.10. The van der Waals surface area contributed by atoms with Gasteiger partial charge in [0.1, 0.15) is 11.8 Å². The Kier molecular flexibility index (Phi) is 3.25. The number of rotatable bonds is 3. The van der Waals surface area contributed by atoms with Crippen LogP contribution < -0.4 is 10.5 Å². The molecule has 0 bridgehead atoms. The van der Waals surface area contributed by atoms with E-state index in [1.54, 1.807) is 12.3 Å². The highest BCUT2D eigenvalue weighted by Crippen LogP contribution is 2.27. The third-order valence-corrected chi connectivity index (χ3v) is 3.00. The molecule has 4 heteroatoms. The second-order valence-corrected chi connectivity index (χ2v) is 4.15. The second-order valence-electron chi connectivity index (χ2n) is 4.15. The molecule has 2 rings (SSSR count). The number of nitrogen functional groups attached to an aromatic ring is 1. The molecule has 1 aliphatic carbocycles. The van der Waals surface area contributed by atoms with Crippen molar-refractivity contribution in [1.29, 1.82) is 5.26 Å². The van der Waals surface area contributed by atoms with Crippen molar-refractivity contribution < 1.29 is 4.74 Å². The lowest BCUT2D eigenvalue weighted by Gasteiger charge is -2.12. The van der Waals surface area contributed by atoms with Gasteiger partial charge in [0, 0.05) is 6.20 Å². The summed E-state index contributed by atoms with van der Waals surface area (Å²) >= 11 is 0. The van der Waals surface area contributed by atoms with Crippen molar-refractivity contribution >= 4 is 5.69 Å². The Hall–Kier alpha value is -1.76. The van der Waals surface area contributed by atoms with Crippen LogP contribution in [0.2, 0.25) is 0 Å². The molecule has 1 heterocycles. The molecule has 0 amide bonds. The van der Waals surface area contributed by atoms with E-state index in [-0.39, 0.29) is 0 Å². The molecule has 2 N–H and O–H groups in total. The van der Waals surface area contributed by atoms with E-state index in [1.165, 1.54) is 25.7 Å². The van der Waals surface area contributed by atoms with Gasteiger partial charge in [-0.25, -0.2) is 4.98 Å². The predicted molar refractivity (Wildman–Crippen MR) is 60.8 cm³/mol. The van der Waals surface area contributed by atoms with Crippen LogP contribution in [0.3, 0.4) is 0 Å². The quantitative estimate of drug-likeness (QED) is 0.841. The Balaban J connectivity index is 2.01. The molecule has 0 aliphatic heterocycles. The predicted octanol–water partition coefficient (Wildman–Crippen LogP) is 2.10. The van der Waals surface area contributed by atoms with Gasteiger partial charge in [0.25, 0.3) is 0 Å². The maximum atomic E-state index is 8.81. The van der Waals surface area contributed by atoms with E-state index in [0.29, 0.717) is 29.7 Å². The fourth-order valence-corrected chi connectivity index (χ4v) is 2.04. The minimum Gasteiger partial charge on any atom is -0.476 e. The Bertz CT molecular complexity index is 405. The fourth-order valence-electron chi connectivity index (χ4n) is 2.04. The molecule has 0 spiro atoms. The smallest absolute Gasteiger partial charge is 0.238 e. The van der Waals surface area contributed by atoms with Crippen molar-refractivity contribution in [1.82, 2.24) is 4.98 Å². The summed E-state index contributed by atoms with van der Waals surface area (Å²) in [6.45, 7) is 0.659. The summed E-state index contributed by atoms with van der Waals surface area (Å²) in [5, 5.41) is 8.81. The molecular formula is C12H15N3O. The van der Waals surface area contributed by atoms with Gasteiger partial charge in [-0.2, -0.15) is 5.26 Å². The maximum Gasteiger partial charge on any atom is 0.238 e. The zero-order valence-electron chi connectivity index (χ0n) is 9.15. The van der Waals surface area contributed by atoms with Gasteiger partial charge in [0.15, 0.2) is 0 Å². The van der Waals surface area contributed by atoms with E-state index in [4.69, 9.17) is 15.7 Å². The number of hydrogen-bond donors (Lipinski definition) is 1. The van der Waals surface area contributed by atoms with E-state index in [9.17, 15) is 0 Å². The zero-order valence-corrected chi connectivity index (χ0v) is 9.15. The summed E-state index contributed by atoms with van der Waals surface area (Å²) in [6.07, 6.45) is 6.57. The maximum absolute atomic E-state index is 8.81. The largest absolute Gasteiger partial charge is 0.476 e. The number of nitrogens with zero attached hydrogens (tertiary/aromatic N) is 2. The van der Waals surface area contributed by atoms with E-state index < -0.39 is 0 Å². The lowest BCUT2D eigenvalue weighted by atomic mass is 10.1. The van der Waals surface area contributed by atoms with E-state index in [2.05, 4.69) is 4.98 Å². The molecule has 1 aromatic heterocycles. The Morgan fingerprint density at radius 2 is 2.25 bits per heavy atom. The topological polar surface area (TPSA) is 71.9 Å². The first kappa shape index (κ1) is 10.7. The summed E-state index contributed by atoms with van der Waals surface area (Å²) in [7, 11) is 0. The molecule has 0 aromatic carbocycles. The van der Waals surface area contributed by atoms with Crippen LogP contribution in [0.4, 0.5) is 5.69 Å². The Morgan fingerprint density at radius 3 is 2.94 bits per heavy atom. The number of aromatic nitrogens is 1. The first-order chi connectivity index (χ1) is 7.81. The highest BCUT2D eigenvalue weighted by Gasteiger charge is 2.16.